The lowest BCUT2D eigenvalue weighted by Gasteiger charge is -2.35. The zero-order valence-electron chi connectivity index (χ0n) is 14.0. The SMILES string of the molecule is CC(C)(Cc1ccc(OCc2ccccc2)cc1)[Si](C)(C)O. The summed E-state index contributed by atoms with van der Waals surface area (Å²) in [5, 5.41) is -0.0422. The third-order valence-electron chi connectivity index (χ3n) is 4.47. The first-order valence-electron chi connectivity index (χ1n) is 7.76. The second-order valence-corrected chi connectivity index (χ2v) is 11.5. The molecular formula is C19H26O2Si. The number of benzene rings is 2. The Morgan fingerprint density at radius 2 is 1.50 bits per heavy atom. The third-order valence-corrected chi connectivity index (χ3v) is 7.96. The van der Waals surface area contributed by atoms with Crippen molar-refractivity contribution in [1.82, 2.24) is 0 Å². The van der Waals surface area contributed by atoms with E-state index in [9.17, 15) is 4.80 Å². The molecule has 2 rings (SSSR count). The Labute approximate surface area is 134 Å². The van der Waals surface area contributed by atoms with Gasteiger partial charge in [0.05, 0.1) is 0 Å². The summed E-state index contributed by atoms with van der Waals surface area (Å²) in [6, 6.07) is 18.4. The van der Waals surface area contributed by atoms with E-state index in [0.29, 0.717) is 6.61 Å². The van der Waals surface area contributed by atoms with Crippen LogP contribution in [-0.2, 0) is 13.0 Å². The highest BCUT2D eigenvalue weighted by Gasteiger charge is 2.37. The Balaban J connectivity index is 1.96. The molecule has 0 spiro atoms. The van der Waals surface area contributed by atoms with E-state index in [1.807, 2.05) is 43.4 Å². The van der Waals surface area contributed by atoms with Gasteiger partial charge in [0.25, 0.3) is 0 Å². The van der Waals surface area contributed by atoms with Crippen molar-refractivity contribution in [3.63, 3.8) is 0 Å². The monoisotopic (exact) mass is 314 g/mol. The Kier molecular flexibility index (Phi) is 5.09. The summed E-state index contributed by atoms with van der Waals surface area (Å²) in [5.41, 5.74) is 2.41. The first-order valence-corrected chi connectivity index (χ1v) is 10.7. The van der Waals surface area contributed by atoms with E-state index < -0.39 is 8.32 Å². The highest BCUT2D eigenvalue weighted by molar-refractivity contribution is 6.72. The van der Waals surface area contributed by atoms with Gasteiger partial charge in [0.1, 0.15) is 12.4 Å². The van der Waals surface area contributed by atoms with Crippen LogP contribution < -0.4 is 4.74 Å². The van der Waals surface area contributed by atoms with Crippen LogP contribution in [0.15, 0.2) is 54.6 Å². The average molecular weight is 315 g/mol. The van der Waals surface area contributed by atoms with E-state index in [1.54, 1.807) is 0 Å². The lowest BCUT2D eigenvalue weighted by Crippen LogP contribution is -2.40. The van der Waals surface area contributed by atoms with Crippen LogP contribution in [-0.4, -0.2) is 13.1 Å². The van der Waals surface area contributed by atoms with Gasteiger partial charge in [0, 0.05) is 0 Å². The Hall–Kier alpha value is -1.58. The molecule has 1 N–H and O–H groups in total. The fourth-order valence-corrected chi connectivity index (χ4v) is 2.81. The van der Waals surface area contributed by atoms with E-state index >= 15 is 0 Å². The molecule has 0 fully saturated rings. The minimum atomic E-state index is -2.17. The smallest absolute Gasteiger partial charge is 0.188 e. The number of rotatable bonds is 6. The van der Waals surface area contributed by atoms with Gasteiger partial charge < -0.3 is 9.53 Å². The lowest BCUT2D eigenvalue weighted by molar-refractivity contribution is 0.306. The van der Waals surface area contributed by atoms with Gasteiger partial charge in [0.2, 0.25) is 0 Å². The summed E-state index contributed by atoms with van der Waals surface area (Å²) in [6.07, 6.45) is 0.891. The Morgan fingerprint density at radius 1 is 0.909 bits per heavy atom. The van der Waals surface area contributed by atoms with Crippen molar-refractivity contribution in [2.24, 2.45) is 0 Å². The molecule has 0 radical (unpaired) electrons. The van der Waals surface area contributed by atoms with E-state index in [0.717, 1.165) is 12.2 Å². The molecule has 22 heavy (non-hydrogen) atoms. The molecule has 0 atom stereocenters. The minimum absolute atomic E-state index is 0.0422. The summed E-state index contributed by atoms with van der Waals surface area (Å²) < 4.78 is 5.80. The molecule has 2 nitrogen and oxygen atoms in total. The van der Waals surface area contributed by atoms with Gasteiger partial charge in [-0.15, -0.1) is 0 Å². The summed E-state index contributed by atoms with van der Waals surface area (Å²) in [4.78, 5) is 10.4. The molecule has 0 aliphatic rings. The molecule has 0 amide bonds. The second kappa shape index (κ2) is 6.67. The predicted octanol–water partition coefficient (Wildman–Crippen LogP) is 4.79. The van der Waals surface area contributed by atoms with Gasteiger partial charge in [-0.1, -0.05) is 56.3 Å². The number of hydrogen-bond acceptors (Lipinski definition) is 2. The van der Waals surface area contributed by atoms with Crippen molar-refractivity contribution in [3.05, 3.63) is 65.7 Å². The van der Waals surface area contributed by atoms with E-state index in [1.165, 1.54) is 11.1 Å². The number of hydrogen-bond donors (Lipinski definition) is 1. The van der Waals surface area contributed by atoms with E-state index in [4.69, 9.17) is 4.74 Å². The summed E-state index contributed by atoms with van der Waals surface area (Å²) in [7, 11) is -2.17. The van der Waals surface area contributed by atoms with Crippen LogP contribution in [0.3, 0.4) is 0 Å². The van der Waals surface area contributed by atoms with Crippen molar-refractivity contribution in [2.45, 2.75) is 45.0 Å². The van der Waals surface area contributed by atoms with Crippen LogP contribution in [0.5, 0.6) is 5.75 Å². The molecule has 0 aliphatic carbocycles. The Bertz CT molecular complexity index is 583. The van der Waals surface area contributed by atoms with Crippen LogP contribution in [0.4, 0.5) is 0 Å². The maximum atomic E-state index is 10.4. The van der Waals surface area contributed by atoms with Crippen LogP contribution >= 0.6 is 0 Å². The van der Waals surface area contributed by atoms with Crippen LogP contribution in [0.1, 0.15) is 25.0 Å². The zero-order valence-corrected chi connectivity index (χ0v) is 15.0. The fraction of sp³-hybridized carbons (Fsp3) is 0.368. The van der Waals surface area contributed by atoms with Gasteiger partial charge in [-0.3, -0.25) is 0 Å². The molecule has 2 aromatic carbocycles. The topological polar surface area (TPSA) is 29.5 Å². The highest BCUT2D eigenvalue weighted by Crippen LogP contribution is 2.38. The molecule has 0 aromatic heterocycles. The second-order valence-electron chi connectivity index (χ2n) is 7.04. The predicted molar refractivity (Wildman–Crippen MR) is 94.7 cm³/mol. The van der Waals surface area contributed by atoms with Crippen molar-refractivity contribution >= 4 is 8.32 Å². The lowest BCUT2D eigenvalue weighted by atomic mass is 10.0. The van der Waals surface area contributed by atoms with Crippen LogP contribution in [0.2, 0.25) is 18.1 Å². The third kappa shape index (κ3) is 4.45. The Morgan fingerprint density at radius 3 is 2.05 bits per heavy atom. The molecule has 0 saturated carbocycles. The highest BCUT2D eigenvalue weighted by atomic mass is 28.4. The van der Waals surface area contributed by atoms with Gasteiger partial charge in [-0.25, -0.2) is 0 Å². The number of ether oxygens (including phenoxy) is 1. The van der Waals surface area contributed by atoms with Crippen molar-refractivity contribution in [1.29, 1.82) is 0 Å². The van der Waals surface area contributed by atoms with Crippen LogP contribution in [0, 0.1) is 0 Å². The molecule has 118 valence electrons. The van der Waals surface area contributed by atoms with Gasteiger partial charge in [0.15, 0.2) is 8.32 Å². The molecular weight excluding hydrogens is 288 g/mol. The van der Waals surface area contributed by atoms with Crippen molar-refractivity contribution in [2.75, 3.05) is 0 Å². The minimum Gasteiger partial charge on any atom is -0.489 e. The fourth-order valence-electron chi connectivity index (χ4n) is 2.17. The van der Waals surface area contributed by atoms with Crippen molar-refractivity contribution in [3.8, 4) is 5.75 Å². The zero-order chi connectivity index (χ0) is 16.2. The average Bonchev–Trinajstić information content (AvgIpc) is 2.46. The summed E-state index contributed by atoms with van der Waals surface area (Å²) >= 11 is 0. The van der Waals surface area contributed by atoms with Gasteiger partial charge in [-0.2, -0.15) is 0 Å². The maximum absolute atomic E-state index is 10.4. The van der Waals surface area contributed by atoms with E-state index in [2.05, 4.69) is 38.1 Å². The standard InChI is InChI=1S/C19H26O2Si/c1-19(2,22(3,4)20)14-16-10-12-18(13-11-16)21-15-17-8-6-5-7-9-17/h5-13,20H,14-15H2,1-4H3. The molecule has 0 aliphatic heterocycles. The molecule has 0 saturated heterocycles. The molecule has 0 bridgehead atoms. The quantitative estimate of drug-likeness (QED) is 0.777. The summed E-state index contributed by atoms with van der Waals surface area (Å²) in [6.45, 7) is 8.90. The normalized spacial score (nSPS) is 12.2. The van der Waals surface area contributed by atoms with Gasteiger partial charge in [-0.05, 0) is 47.8 Å². The van der Waals surface area contributed by atoms with Gasteiger partial charge >= 0.3 is 0 Å². The first kappa shape index (κ1) is 16.8. The van der Waals surface area contributed by atoms with Crippen molar-refractivity contribution < 1.29 is 9.53 Å². The molecule has 0 unspecified atom stereocenters. The van der Waals surface area contributed by atoms with Crippen LogP contribution in [0.25, 0.3) is 0 Å². The van der Waals surface area contributed by atoms with E-state index in [-0.39, 0.29) is 5.04 Å². The summed E-state index contributed by atoms with van der Waals surface area (Å²) in [5.74, 6) is 0.880. The molecule has 2 aromatic rings. The largest absolute Gasteiger partial charge is 0.489 e. The molecule has 0 heterocycles. The first-order chi connectivity index (χ1) is 10.3. The molecule has 3 heteroatoms. The maximum Gasteiger partial charge on any atom is 0.188 e.